The predicted octanol–water partition coefficient (Wildman–Crippen LogP) is 2.60. The van der Waals surface area contributed by atoms with Gasteiger partial charge in [0.05, 0.1) is 15.8 Å². The fourth-order valence-electron chi connectivity index (χ4n) is 1.62. The number of nitrogens with one attached hydrogen (secondary N) is 1. The second kappa shape index (κ2) is 5.64. The van der Waals surface area contributed by atoms with Gasteiger partial charge >= 0.3 is 0 Å². The number of hydrogen-bond donors (Lipinski definition) is 1. The Bertz CT molecular complexity index is 662. The van der Waals surface area contributed by atoms with Gasteiger partial charge < -0.3 is 0 Å². The minimum atomic E-state index is -3.54. The third-order valence-corrected chi connectivity index (χ3v) is 5.33. The van der Waals surface area contributed by atoms with Gasteiger partial charge in [0.1, 0.15) is 0 Å². The van der Waals surface area contributed by atoms with E-state index in [1.807, 2.05) is 0 Å². The summed E-state index contributed by atoms with van der Waals surface area (Å²) in [6.45, 7) is 1.75. The molecular weight excluding hydrogens is 282 g/mol. The summed E-state index contributed by atoms with van der Waals surface area (Å²) >= 11 is 1.28. The summed E-state index contributed by atoms with van der Waals surface area (Å²) in [4.78, 5) is 12.2. The zero-order valence-electron chi connectivity index (χ0n) is 10.2. The number of hydrogen-bond acceptors (Lipinski definition) is 4. The lowest BCUT2D eigenvalue weighted by Crippen LogP contribution is -2.26. The lowest BCUT2D eigenvalue weighted by molar-refractivity contribution is 0.112. The van der Waals surface area contributed by atoms with Gasteiger partial charge in [0.25, 0.3) is 0 Å². The Morgan fingerprint density at radius 2 is 1.84 bits per heavy atom. The van der Waals surface area contributed by atoms with E-state index in [1.165, 1.54) is 11.3 Å². The fourth-order valence-corrected chi connectivity index (χ4v) is 3.77. The molecule has 19 heavy (non-hydrogen) atoms. The van der Waals surface area contributed by atoms with Gasteiger partial charge in [-0.05, 0) is 31.2 Å². The molecule has 0 fully saturated rings. The summed E-state index contributed by atoms with van der Waals surface area (Å²) in [7, 11) is -3.54. The van der Waals surface area contributed by atoms with Gasteiger partial charge in [-0.3, -0.25) is 4.79 Å². The Balaban J connectivity index is 2.18. The molecule has 2 aromatic rings. The van der Waals surface area contributed by atoms with Gasteiger partial charge in [0.15, 0.2) is 6.29 Å². The standard InChI is InChI=1S/C13H13NO3S2/c1-10(13-8-7-11(9-15)18-13)14-19(16,17)12-5-3-2-4-6-12/h2-10,14H,1H3/t10-/m0/s1. The average Bonchev–Trinajstić information content (AvgIpc) is 2.88. The van der Waals surface area contributed by atoms with E-state index in [-0.39, 0.29) is 10.9 Å². The molecule has 0 amide bonds. The van der Waals surface area contributed by atoms with Crippen molar-refractivity contribution in [2.45, 2.75) is 17.9 Å². The van der Waals surface area contributed by atoms with Crippen LogP contribution in [0.1, 0.15) is 27.5 Å². The van der Waals surface area contributed by atoms with E-state index in [0.717, 1.165) is 11.2 Å². The van der Waals surface area contributed by atoms with Crippen molar-refractivity contribution in [2.75, 3.05) is 0 Å². The van der Waals surface area contributed by atoms with Crippen molar-refractivity contribution in [1.82, 2.24) is 4.72 Å². The van der Waals surface area contributed by atoms with Crippen molar-refractivity contribution in [3.8, 4) is 0 Å². The molecular formula is C13H13NO3S2. The molecule has 1 atom stereocenters. The summed E-state index contributed by atoms with van der Waals surface area (Å²) in [5, 5.41) is 0. The van der Waals surface area contributed by atoms with Crippen molar-refractivity contribution in [1.29, 1.82) is 0 Å². The van der Waals surface area contributed by atoms with E-state index in [9.17, 15) is 13.2 Å². The molecule has 1 aromatic heterocycles. The molecule has 0 spiro atoms. The van der Waals surface area contributed by atoms with Crippen LogP contribution in [-0.4, -0.2) is 14.7 Å². The quantitative estimate of drug-likeness (QED) is 0.862. The zero-order chi connectivity index (χ0) is 13.9. The van der Waals surface area contributed by atoms with Crippen LogP contribution in [0.2, 0.25) is 0 Å². The van der Waals surface area contributed by atoms with Crippen LogP contribution >= 0.6 is 11.3 Å². The van der Waals surface area contributed by atoms with Crippen LogP contribution in [-0.2, 0) is 10.0 Å². The minimum Gasteiger partial charge on any atom is -0.297 e. The van der Waals surface area contributed by atoms with Gasteiger partial charge in [-0.2, -0.15) is 0 Å². The lowest BCUT2D eigenvalue weighted by Gasteiger charge is -2.12. The first kappa shape index (κ1) is 13.9. The molecule has 0 saturated carbocycles. The van der Waals surface area contributed by atoms with E-state index in [0.29, 0.717) is 4.88 Å². The van der Waals surface area contributed by atoms with Gasteiger partial charge in [0.2, 0.25) is 10.0 Å². The van der Waals surface area contributed by atoms with E-state index in [4.69, 9.17) is 0 Å². The summed E-state index contributed by atoms with van der Waals surface area (Å²) in [6, 6.07) is 11.3. The fraction of sp³-hybridized carbons (Fsp3) is 0.154. The molecule has 0 aliphatic heterocycles. The van der Waals surface area contributed by atoms with Crippen LogP contribution < -0.4 is 4.72 Å². The lowest BCUT2D eigenvalue weighted by atomic mass is 10.3. The van der Waals surface area contributed by atoms with Crippen LogP contribution in [0.4, 0.5) is 0 Å². The highest BCUT2D eigenvalue weighted by Gasteiger charge is 2.18. The van der Waals surface area contributed by atoms with E-state index < -0.39 is 10.0 Å². The smallest absolute Gasteiger partial charge is 0.241 e. The molecule has 100 valence electrons. The van der Waals surface area contributed by atoms with Crippen molar-refractivity contribution < 1.29 is 13.2 Å². The molecule has 0 saturated heterocycles. The summed E-state index contributed by atoms with van der Waals surface area (Å²) in [6.07, 6.45) is 0.757. The Hall–Kier alpha value is -1.50. The SMILES string of the molecule is C[C@H](NS(=O)(=O)c1ccccc1)c1ccc(C=O)s1. The van der Waals surface area contributed by atoms with Crippen molar-refractivity contribution in [3.63, 3.8) is 0 Å². The predicted molar refractivity (Wildman–Crippen MR) is 74.9 cm³/mol. The van der Waals surface area contributed by atoms with E-state index >= 15 is 0 Å². The second-order valence-corrected chi connectivity index (χ2v) is 6.87. The van der Waals surface area contributed by atoms with Crippen molar-refractivity contribution in [2.24, 2.45) is 0 Å². The van der Waals surface area contributed by atoms with Gasteiger partial charge in [-0.1, -0.05) is 18.2 Å². The van der Waals surface area contributed by atoms with Gasteiger partial charge in [-0.15, -0.1) is 11.3 Å². The number of carbonyl (C=O) groups is 1. The Kier molecular flexibility index (Phi) is 4.14. The van der Waals surface area contributed by atoms with Gasteiger partial charge in [0, 0.05) is 4.88 Å². The molecule has 0 aliphatic rings. The first-order chi connectivity index (χ1) is 9.03. The number of aldehydes is 1. The average molecular weight is 295 g/mol. The number of thiophene rings is 1. The molecule has 1 N–H and O–H groups in total. The number of rotatable bonds is 5. The molecule has 1 heterocycles. The van der Waals surface area contributed by atoms with E-state index in [1.54, 1.807) is 49.4 Å². The molecule has 0 radical (unpaired) electrons. The van der Waals surface area contributed by atoms with Crippen LogP contribution in [0.3, 0.4) is 0 Å². The third kappa shape index (κ3) is 3.28. The molecule has 4 nitrogen and oxygen atoms in total. The van der Waals surface area contributed by atoms with Crippen LogP contribution in [0.15, 0.2) is 47.4 Å². The van der Waals surface area contributed by atoms with E-state index in [2.05, 4.69) is 4.72 Å². The molecule has 0 aliphatic carbocycles. The summed E-state index contributed by atoms with van der Waals surface area (Å²) < 4.78 is 26.8. The highest BCUT2D eigenvalue weighted by atomic mass is 32.2. The zero-order valence-corrected chi connectivity index (χ0v) is 11.9. The molecule has 0 bridgehead atoms. The molecule has 2 rings (SSSR count). The maximum Gasteiger partial charge on any atom is 0.241 e. The number of benzene rings is 1. The summed E-state index contributed by atoms with van der Waals surface area (Å²) in [5.74, 6) is 0. The second-order valence-electron chi connectivity index (χ2n) is 4.01. The third-order valence-electron chi connectivity index (χ3n) is 2.58. The highest BCUT2D eigenvalue weighted by Crippen LogP contribution is 2.23. The highest BCUT2D eigenvalue weighted by molar-refractivity contribution is 7.89. The van der Waals surface area contributed by atoms with Crippen molar-refractivity contribution in [3.05, 3.63) is 52.2 Å². The first-order valence-corrected chi connectivity index (χ1v) is 7.95. The topological polar surface area (TPSA) is 63.2 Å². The van der Waals surface area contributed by atoms with Crippen LogP contribution in [0.5, 0.6) is 0 Å². The maximum atomic E-state index is 12.1. The van der Waals surface area contributed by atoms with Crippen LogP contribution in [0.25, 0.3) is 0 Å². The first-order valence-electron chi connectivity index (χ1n) is 5.65. The molecule has 6 heteroatoms. The number of sulfonamides is 1. The normalized spacial score (nSPS) is 13.1. The van der Waals surface area contributed by atoms with Crippen LogP contribution in [0, 0.1) is 0 Å². The minimum absolute atomic E-state index is 0.231. The molecule has 1 aromatic carbocycles. The Labute approximate surface area is 116 Å². The Morgan fingerprint density at radius 1 is 1.16 bits per heavy atom. The maximum absolute atomic E-state index is 12.1. The largest absolute Gasteiger partial charge is 0.297 e. The summed E-state index contributed by atoms with van der Waals surface area (Å²) in [5.41, 5.74) is 0. The van der Waals surface area contributed by atoms with Crippen molar-refractivity contribution >= 4 is 27.6 Å². The van der Waals surface area contributed by atoms with Gasteiger partial charge in [-0.25, -0.2) is 13.1 Å². The number of carbonyl (C=O) groups excluding carboxylic acids is 1. The Morgan fingerprint density at radius 3 is 2.42 bits per heavy atom. The monoisotopic (exact) mass is 295 g/mol. The molecule has 0 unspecified atom stereocenters.